The Hall–Kier alpha value is -0.860. The van der Waals surface area contributed by atoms with Crippen LogP contribution in [0.25, 0.3) is 0 Å². The minimum Gasteiger partial charge on any atom is -0.357 e. The number of nitrogens with one attached hydrogen (secondary N) is 2. The van der Waals surface area contributed by atoms with Gasteiger partial charge in [-0.05, 0) is 25.7 Å². The highest BCUT2D eigenvalue weighted by Crippen LogP contribution is 2.26. The summed E-state index contributed by atoms with van der Waals surface area (Å²) >= 11 is 0. The number of hydrogen-bond acceptors (Lipinski definition) is 3. The van der Waals surface area contributed by atoms with Gasteiger partial charge in [0.15, 0.2) is 5.96 Å². The molecule has 0 spiro atoms. The largest absolute Gasteiger partial charge is 0.357 e. The summed E-state index contributed by atoms with van der Waals surface area (Å²) in [6, 6.07) is 0.563. The van der Waals surface area contributed by atoms with Gasteiger partial charge in [-0.15, -0.1) is 34.2 Å². The normalized spacial score (nSPS) is 21.2. The maximum atomic E-state index is 4.73. The molecule has 2 atom stereocenters. The van der Waals surface area contributed by atoms with Gasteiger partial charge in [-0.2, -0.15) is 0 Å². The van der Waals surface area contributed by atoms with Gasteiger partial charge >= 0.3 is 0 Å². The fraction of sp³-hybridized carbons (Fsp3) is 0.824. The number of rotatable bonds is 7. The molecule has 1 aliphatic carbocycles. The highest BCUT2D eigenvalue weighted by atomic mass is 127. The van der Waals surface area contributed by atoms with Crippen molar-refractivity contribution in [2.45, 2.75) is 71.9 Å². The number of aliphatic imine (C=N–C) groups is 1. The molecule has 1 aliphatic rings. The summed E-state index contributed by atoms with van der Waals surface area (Å²) in [6.45, 7) is 8.98. The van der Waals surface area contributed by atoms with Gasteiger partial charge in [-0.3, -0.25) is 4.99 Å². The molecule has 1 saturated carbocycles. The molecule has 2 unspecified atom stereocenters. The van der Waals surface area contributed by atoms with E-state index in [2.05, 4.69) is 46.2 Å². The van der Waals surface area contributed by atoms with Crippen LogP contribution in [0.2, 0.25) is 0 Å². The third kappa shape index (κ3) is 6.57. The molecular formula is C17H33IN6. The third-order valence-corrected chi connectivity index (χ3v) is 4.67. The second-order valence-corrected chi connectivity index (χ2v) is 6.34. The summed E-state index contributed by atoms with van der Waals surface area (Å²) < 4.78 is 2.08. The number of hydrogen-bond donors (Lipinski definition) is 2. The molecule has 0 radical (unpaired) electrons. The molecule has 7 heteroatoms. The Morgan fingerprint density at radius 3 is 2.88 bits per heavy atom. The summed E-state index contributed by atoms with van der Waals surface area (Å²) in [5, 5.41) is 15.1. The lowest BCUT2D eigenvalue weighted by Crippen LogP contribution is -2.45. The van der Waals surface area contributed by atoms with Crippen molar-refractivity contribution < 1.29 is 0 Å². The fourth-order valence-corrected chi connectivity index (χ4v) is 3.32. The first-order valence-electron chi connectivity index (χ1n) is 9.18. The topological polar surface area (TPSA) is 67.1 Å². The van der Waals surface area contributed by atoms with Gasteiger partial charge in [-0.1, -0.05) is 33.1 Å². The highest BCUT2D eigenvalue weighted by Gasteiger charge is 2.21. The molecule has 1 aromatic rings. The molecule has 6 nitrogen and oxygen atoms in total. The maximum Gasteiger partial charge on any atom is 0.191 e. The van der Waals surface area contributed by atoms with Gasteiger partial charge in [0.25, 0.3) is 0 Å². The fourth-order valence-electron chi connectivity index (χ4n) is 3.32. The lowest BCUT2D eigenvalue weighted by atomic mass is 9.84. The zero-order valence-corrected chi connectivity index (χ0v) is 17.6. The first-order valence-corrected chi connectivity index (χ1v) is 9.18. The maximum absolute atomic E-state index is 4.73. The molecule has 24 heavy (non-hydrogen) atoms. The van der Waals surface area contributed by atoms with Crippen LogP contribution in [0, 0.1) is 5.92 Å². The van der Waals surface area contributed by atoms with E-state index in [1.54, 1.807) is 6.33 Å². The summed E-state index contributed by atoms with van der Waals surface area (Å²) in [5.41, 5.74) is 0. The number of nitrogens with zero attached hydrogens (tertiary/aromatic N) is 4. The standard InChI is InChI=1S/C17H32N6.HI/c1-4-14-8-7-9-15(12-14)21-17(18-6-3)19-10-11-23-13-20-22-16(23)5-2;/h13-15H,4-12H2,1-3H3,(H2,18,19,21);1H. The number of guanidine groups is 1. The van der Waals surface area contributed by atoms with Gasteiger partial charge < -0.3 is 15.2 Å². The summed E-state index contributed by atoms with van der Waals surface area (Å²) in [5.74, 6) is 2.84. The monoisotopic (exact) mass is 448 g/mol. The van der Waals surface area contributed by atoms with Crippen LogP contribution in [0.4, 0.5) is 0 Å². The minimum atomic E-state index is 0. The quantitative estimate of drug-likeness (QED) is 0.383. The molecule has 2 rings (SSSR count). The van der Waals surface area contributed by atoms with E-state index in [0.29, 0.717) is 6.04 Å². The zero-order chi connectivity index (χ0) is 16.5. The van der Waals surface area contributed by atoms with E-state index < -0.39 is 0 Å². The molecule has 1 heterocycles. The Labute approximate surface area is 163 Å². The van der Waals surface area contributed by atoms with Crippen LogP contribution in [-0.4, -0.2) is 39.9 Å². The zero-order valence-electron chi connectivity index (χ0n) is 15.3. The Bertz CT molecular complexity index is 487. The molecule has 2 N–H and O–H groups in total. The van der Waals surface area contributed by atoms with E-state index in [1.165, 1.54) is 32.1 Å². The lowest BCUT2D eigenvalue weighted by molar-refractivity contribution is 0.298. The summed E-state index contributed by atoms with van der Waals surface area (Å²) in [6.07, 6.45) is 9.23. The van der Waals surface area contributed by atoms with E-state index in [1.807, 2.05) is 0 Å². The van der Waals surface area contributed by atoms with Crippen LogP contribution in [0.3, 0.4) is 0 Å². The van der Waals surface area contributed by atoms with Gasteiger partial charge in [0.05, 0.1) is 6.54 Å². The molecule has 0 amide bonds. The molecule has 0 saturated heterocycles. The first-order chi connectivity index (χ1) is 11.3. The second kappa shape index (κ2) is 11.7. The smallest absolute Gasteiger partial charge is 0.191 e. The van der Waals surface area contributed by atoms with Crippen molar-refractivity contribution in [3.8, 4) is 0 Å². The van der Waals surface area contributed by atoms with Crippen LogP contribution in [0.1, 0.15) is 58.7 Å². The molecular weight excluding hydrogens is 415 g/mol. The second-order valence-electron chi connectivity index (χ2n) is 6.34. The first kappa shape index (κ1) is 21.2. The van der Waals surface area contributed by atoms with Crippen LogP contribution in [0.15, 0.2) is 11.3 Å². The van der Waals surface area contributed by atoms with E-state index in [0.717, 1.165) is 43.8 Å². The Morgan fingerprint density at radius 1 is 1.33 bits per heavy atom. The van der Waals surface area contributed by atoms with Crippen molar-refractivity contribution in [2.75, 3.05) is 13.1 Å². The number of halogens is 1. The predicted octanol–water partition coefficient (Wildman–Crippen LogP) is 2.98. The van der Waals surface area contributed by atoms with Crippen molar-refractivity contribution >= 4 is 29.9 Å². The summed E-state index contributed by atoms with van der Waals surface area (Å²) in [7, 11) is 0. The highest BCUT2D eigenvalue weighted by molar-refractivity contribution is 14.0. The number of aromatic nitrogens is 3. The Kier molecular flexibility index (Phi) is 10.3. The van der Waals surface area contributed by atoms with Crippen LogP contribution >= 0.6 is 24.0 Å². The molecule has 138 valence electrons. The predicted molar refractivity (Wildman–Crippen MR) is 110 cm³/mol. The molecule has 0 aliphatic heterocycles. The SMILES string of the molecule is CCNC(=NCCn1cnnc1CC)NC1CCCC(CC)C1.I. The van der Waals surface area contributed by atoms with E-state index in [-0.39, 0.29) is 24.0 Å². The van der Waals surface area contributed by atoms with Gasteiger partial charge in [0.2, 0.25) is 0 Å². The average molecular weight is 448 g/mol. The van der Waals surface area contributed by atoms with E-state index in [4.69, 9.17) is 4.99 Å². The van der Waals surface area contributed by atoms with E-state index >= 15 is 0 Å². The van der Waals surface area contributed by atoms with Crippen molar-refractivity contribution in [1.29, 1.82) is 0 Å². The lowest BCUT2D eigenvalue weighted by Gasteiger charge is -2.30. The third-order valence-electron chi connectivity index (χ3n) is 4.67. The number of aryl methyl sites for hydroxylation is 1. The van der Waals surface area contributed by atoms with Gasteiger partial charge in [0, 0.05) is 25.6 Å². The van der Waals surface area contributed by atoms with Crippen molar-refractivity contribution in [3.63, 3.8) is 0 Å². The molecule has 1 aromatic heterocycles. The average Bonchev–Trinajstić information content (AvgIpc) is 3.02. The van der Waals surface area contributed by atoms with Crippen LogP contribution in [-0.2, 0) is 13.0 Å². The Balaban J connectivity index is 0.00000288. The summed E-state index contributed by atoms with van der Waals surface area (Å²) in [4.78, 5) is 4.73. The molecule has 0 aromatic carbocycles. The van der Waals surface area contributed by atoms with E-state index in [9.17, 15) is 0 Å². The minimum absolute atomic E-state index is 0. The van der Waals surface area contributed by atoms with Crippen molar-refractivity contribution in [3.05, 3.63) is 12.2 Å². The van der Waals surface area contributed by atoms with Crippen molar-refractivity contribution in [1.82, 2.24) is 25.4 Å². The van der Waals surface area contributed by atoms with Gasteiger partial charge in [0.1, 0.15) is 12.2 Å². The molecule has 1 fully saturated rings. The van der Waals surface area contributed by atoms with Crippen LogP contribution < -0.4 is 10.6 Å². The van der Waals surface area contributed by atoms with Gasteiger partial charge in [-0.25, -0.2) is 0 Å². The van der Waals surface area contributed by atoms with Crippen molar-refractivity contribution in [2.24, 2.45) is 10.9 Å². The Morgan fingerprint density at radius 2 is 2.17 bits per heavy atom. The molecule has 0 bridgehead atoms. The van der Waals surface area contributed by atoms with Crippen LogP contribution in [0.5, 0.6) is 0 Å².